The number of methoxy groups -OCH3 is 1. The first kappa shape index (κ1) is 18.3. The van der Waals surface area contributed by atoms with E-state index in [4.69, 9.17) is 18.9 Å². The van der Waals surface area contributed by atoms with Crippen molar-refractivity contribution in [1.29, 1.82) is 0 Å². The Morgan fingerprint density at radius 2 is 1.62 bits per heavy atom. The van der Waals surface area contributed by atoms with E-state index in [1.165, 1.54) is 0 Å². The lowest BCUT2D eigenvalue weighted by Crippen LogP contribution is -2.50. The lowest BCUT2D eigenvalue weighted by Gasteiger charge is -2.31. The molecule has 1 fully saturated rings. The fourth-order valence-corrected chi connectivity index (χ4v) is 2.00. The summed E-state index contributed by atoms with van der Waals surface area (Å²) in [6.07, 6.45) is 0. The monoisotopic (exact) mass is 304 g/mol. The van der Waals surface area contributed by atoms with Crippen LogP contribution in [0, 0.1) is 0 Å². The highest BCUT2D eigenvalue weighted by atomic mass is 16.6. The van der Waals surface area contributed by atoms with Crippen molar-refractivity contribution >= 4 is 5.97 Å². The van der Waals surface area contributed by atoms with Gasteiger partial charge in [-0.3, -0.25) is 9.69 Å². The lowest BCUT2D eigenvalue weighted by molar-refractivity contribution is -0.151. The van der Waals surface area contributed by atoms with Gasteiger partial charge in [0.05, 0.1) is 33.0 Å². The van der Waals surface area contributed by atoms with Crippen LogP contribution in [0.1, 0.15) is 6.92 Å². The summed E-state index contributed by atoms with van der Waals surface area (Å²) in [5, 5.41) is 3.26. The van der Waals surface area contributed by atoms with Gasteiger partial charge < -0.3 is 24.3 Å². The van der Waals surface area contributed by atoms with Crippen LogP contribution in [-0.2, 0) is 23.7 Å². The van der Waals surface area contributed by atoms with E-state index in [1.54, 1.807) is 7.11 Å². The molecule has 0 saturated carbocycles. The number of ether oxygens (including phenoxy) is 4. The molecule has 0 aliphatic carbocycles. The highest BCUT2D eigenvalue weighted by Crippen LogP contribution is 2.03. The summed E-state index contributed by atoms with van der Waals surface area (Å²) in [4.78, 5) is 14.0. The molecule has 21 heavy (non-hydrogen) atoms. The van der Waals surface area contributed by atoms with Crippen LogP contribution in [0.15, 0.2) is 0 Å². The molecule has 0 aromatic carbocycles. The van der Waals surface area contributed by atoms with Crippen molar-refractivity contribution in [2.45, 2.75) is 13.0 Å². The van der Waals surface area contributed by atoms with Crippen LogP contribution in [0.3, 0.4) is 0 Å². The van der Waals surface area contributed by atoms with Crippen LogP contribution in [-0.4, -0.2) is 89.8 Å². The Kier molecular flexibility index (Phi) is 10.4. The lowest BCUT2D eigenvalue weighted by atomic mass is 10.2. The van der Waals surface area contributed by atoms with E-state index in [-0.39, 0.29) is 18.6 Å². The fraction of sp³-hybridized carbons (Fsp3) is 0.929. The van der Waals surface area contributed by atoms with Crippen molar-refractivity contribution in [1.82, 2.24) is 10.2 Å². The molecule has 1 saturated heterocycles. The van der Waals surface area contributed by atoms with E-state index in [0.717, 1.165) is 26.2 Å². The van der Waals surface area contributed by atoms with Crippen molar-refractivity contribution in [3.05, 3.63) is 0 Å². The first-order valence-electron chi connectivity index (χ1n) is 7.51. The number of carbonyl (C=O) groups is 1. The zero-order valence-electron chi connectivity index (χ0n) is 13.1. The highest BCUT2D eigenvalue weighted by molar-refractivity contribution is 5.75. The molecule has 1 aliphatic heterocycles. The highest BCUT2D eigenvalue weighted by Gasteiger charge is 2.23. The number of rotatable bonds is 11. The van der Waals surface area contributed by atoms with Gasteiger partial charge in [0, 0.05) is 33.3 Å². The summed E-state index contributed by atoms with van der Waals surface area (Å²) in [6, 6.07) is -0.190. The van der Waals surface area contributed by atoms with Crippen LogP contribution in [0.5, 0.6) is 0 Å². The second kappa shape index (κ2) is 11.9. The Hall–Kier alpha value is -0.730. The number of nitrogens with one attached hydrogen (secondary N) is 1. The molecule has 1 unspecified atom stereocenters. The van der Waals surface area contributed by atoms with E-state index in [9.17, 15) is 4.79 Å². The Bertz CT molecular complexity index is 272. The molecule has 124 valence electrons. The fourth-order valence-electron chi connectivity index (χ4n) is 2.00. The van der Waals surface area contributed by atoms with Crippen molar-refractivity contribution in [3.8, 4) is 0 Å². The molecule has 1 N–H and O–H groups in total. The third-order valence-electron chi connectivity index (χ3n) is 3.32. The number of esters is 1. The molecule has 0 aromatic rings. The largest absolute Gasteiger partial charge is 0.462 e. The molecule has 1 aliphatic rings. The smallest absolute Gasteiger partial charge is 0.323 e. The summed E-state index contributed by atoms with van der Waals surface area (Å²) in [7, 11) is 1.63. The summed E-state index contributed by atoms with van der Waals surface area (Å²) in [6.45, 7) is 8.34. The first-order valence-corrected chi connectivity index (χ1v) is 7.51. The third kappa shape index (κ3) is 8.33. The van der Waals surface area contributed by atoms with E-state index in [0.29, 0.717) is 33.0 Å². The van der Waals surface area contributed by atoms with Crippen LogP contribution in [0.4, 0.5) is 0 Å². The van der Waals surface area contributed by atoms with Crippen molar-refractivity contribution < 1.29 is 23.7 Å². The maximum atomic E-state index is 11.9. The topological polar surface area (TPSA) is 69.3 Å². The molecule has 0 spiro atoms. The second-order valence-electron chi connectivity index (χ2n) is 4.85. The number of hydrogen-bond donors (Lipinski definition) is 1. The van der Waals surface area contributed by atoms with Gasteiger partial charge in [0.1, 0.15) is 12.6 Å². The number of nitrogens with zero attached hydrogens (tertiary/aromatic N) is 1. The molecule has 1 rings (SSSR count). The molecule has 0 radical (unpaired) electrons. The molecular formula is C14H28N2O5. The molecule has 1 heterocycles. The zero-order valence-corrected chi connectivity index (χ0v) is 13.1. The molecule has 1 atom stereocenters. The maximum Gasteiger partial charge on any atom is 0.323 e. The van der Waals surface area contributed by atoms with E-state index >= 15 is 0 Å². The van der Waals surface area contributed by atoms with Crippen molar-refractivity contribution in [2.75, 3.05) is 72.9 Å². The minimum atomic E-state index is -0.190. The van der Waals surface area contributed by atoms with E-state index < -0.39 is 0 Å². The number of hydrogen-bond acceptors (Lipinski definition) is 7. The van der Waals surface area contributed by atoms with Crippen molar-refractivity contribution in [3.63, 3.8) is 0 Å². The summed E-state index contributed by atoms with van der Waals surface area (Å²) >= 11 is 0. The molecule has 7 heteroatoms. The molecule has 0 amide bonds. The Morgan fingerprint density at radius 3 is 2.24 bits per heavy atom. The van der Waals surface area contributed by atoms with Crippen molar-refractivity contribution in [2.24, 2.45) is 0 Å². The summed E-state index contributed by atoms with van der Waals surface area (Å²) < 4.78 is 20.6. The van der Waals surface area contributed by atoms with Gasteiger partial charge in [-0.05, 0) is 6.92 Å². The summed E-state index contributed by atoms with van der Waals surface area (Å²) in [5.41, 5.74) is 0. The zero-order chi connectivity index (χ0) is 15.3. The summed E-state index contributed by atoms with van der Waals surface area (Å²) in [5.74, 6) is -0.183. The average molecular weight is 304 g/mol. The number of piperazine rings is 1. The van der Waals surface area contributed by atoms with Crippen LogP contribution in [0.25, 0.3) is 0 Å². The minimum absolute atomic E-state index is 0.183. The van der Waals surface area contributed by atoms with E-state index in [1.807, 2.05) is 6.92 Å². The Balaban J connectivity index is 1.95. The van der Waals surface area contributed by atoms with Gasteiger partial charge >= 0.3 is 5.97 Å². The molecular weight excluding hydrogens is 276 g/mol. The van der Waals surface area contributed by atoms with Crippen LogP contribution in [0.2, 0.25) is 0 Å². The second-order valence-corrected chi connectivity index (χ2v) is 4.85. The molecule has 0 bridgehead atoms. The van der Waals surface area contributed by atoms with Gasteiger partial charge in [0.15, 0.2) is 0 Å². The van der Waals surface area contributed by atoms with Crippen LogP contribution < -0.4 is 5.32 Å². The maximum absolute atomic E-state index is 11.9. The number of carbonyl (C=O) groups excluding carboxylic acids is 1. The third-order valence-corrected chi connectivity index (χ3v) is 3.32. The Labute approximate surface area is 126 Å². The standard InChI is InChI=1S/C14H28N2O5/c1-13(16-5-3-15-4-6-16)14(17)21-12-11-20-10-9-19-8-7-18-2/h13,15H,3-12H2,1-2H3. The molecule has 7 nitrogen and oxygen atoms in total. The van der Waals surface area contributed by atoms with Gasteiger partial charge in [0.25, 0.3) is 0 Å². The molecule has 0 aromatic heterocycles. The van der Waals surface area contributed by atoms with Gasteiger partial charge in [-0.1, -0.05) is 0 Å². The predicted octanol–water partition coefficient (Wildman–Crippen LogP) is -0.497. The predicted molar refractivity (Wildman–Crippen MR) is 78.4 cm³/mol. The SMILES string of the molecule is COCCOCCOCCOC(=O)C(C)N1CCNCC1. The van der Waals surface area contributed by atoms with E-state index in [2.05, 4.69) is 10.2 Å². The van der Waals surface area contributed by atoms with Gasteiger partial charge in [-0.15, -0.1) is 0 Å². The van der Waals surface area contributed by atoms with Gasteiger partial charge in [-0.25, -0.2) is 0 Å². The minimum Gasteiger partial charge on any atom is -0.462 e. The first-order chi connectivity index (χ1) is 10.3. The Morgan fingerprint density at radius 1 is 1.05 bits per heavy atom. The quantitative estimate of drug-likeness (QED) is 0.408. The average Bonchev–Trinajstić information content (AvgIpc) is 2.53. The van der Waals surface area contributed by atoms with Crippen LogP contribution >= 0.6 is 0 Å². The normalized spacial score (nSPS) is 17.6. The van der Waals surface area contributed by atoms with Gasteiger partial charge in [-0.2, -0.15) is 0 Å². The van der Waals surface area contributed by atoms with Gasteiger partial charge in [0.2, 0.25) is 0 Å².